The van der Waals surface area contributed by atoms with Gasteiger partial charge in [-0.25, -0.2) is 0 Å². The van der Waals surface area contributed by atoms with Gasteiger partial charge in [0, 0.05) is 6.04 Å². The summed E-state index contributed by atoms with van der Waals surface area (Å²) in [4.78, 5) is 0. The Balaban J connectivity index is 2.62. The molecule has 6 heteroatoms. The molecule has 0 aliphatic heterocycles. The summed E-state index contributed by atoms with van der Waals surface area (Å²) in [6, 6.07) is 5.27. The van der Waals surface area contributed by atoms with E-state index >= 15 is 0 Å². The Bertz CT molecular complexity index is 478. The van der Waals surface area contributed by atoms with Gasteiger partial charge in [0.1, 0.15) is 5.75 Å². The smallest absolute Gasteiger partial charge is 0.417 e. The topological polar surface area (TPSA) is 45.0 Å². The molecule has 1 N–H and O–H groups in total. The molecule has 1 aromatic rings. The van der Waals surface area contributed by atoms with Crippen molar-refractivity contribution in [1.82, 2.24) is 5.32 Å². The van der Waals surface area contributed by atoms with E-state index in [4.69, 9.17) is 10.00 Å². The molecular weight excluding hydrogens is 269 g/mol. The number of nitrogens with one attached hydrogen (secondary N) is 1. The minimum absolute atomic E-state index is 0.126. The molecule has 0 atom stereocenters. The molecule has 0 bridgehead atoms. The first-order chi connectivity index (χ1) is 9.34. The van der Waals surface area contributed by atoms with Crippen LogP contribution in [0.4, 0.5) is 13.2 Å². The number of benzene rings is 1. The third-order valence-electron chi connectivity index (χ3n) is 2.56. The molecule has 0 aromatic heterocycles. The fourth-order valence-electron chi connectivity index (χ4n) is 1.60. The minimum Gasteiger partial charge on any atom is -0.494 e. The maximum Gasteiger partial charge on any atom is 0.417 e. The summed E-state index contributed by atoms with van der Waals surface area (Å²) >= 11 is 0. The predicted molar refractivity (Wildman–Crippen MR) is 69.4 cm³/mol. The van der Waals surface area contributed by atoms with E-state index < -0.39 is 17.3 Å². The zero-order chi connectivity index (χ0) is 15.2. The van der Waals surface area contributed by atoms with E-state index in [1.54, 1.807) is 0 Å². The van der Waals surface area contributed by atoms with E-state index in [0.29, 0.717) is 19.1 Å². The van der Waals surface area contributed by atoms with Crippen molar-refractivity contribution in [3.8, 4) is 11.8 Å². The lowest BCUT2D eigenvalue weighted by molar-refractivity contribution is -0.137. The molecule has 110 valence electrons. The number of hydrogen-bond donors (Lipinski definition) is 1. The van der Waals surface area contributed by atoms with E-state index in [2.05, 4.69) is 5.32 Å². The molecule has 0 saturated carbocycles. The Hall–Kier alpha value is -1.74. The van der Waals surface area contributed by atoms with Crippen molar-refractivity contribution < 1.29 is 17.9 Å². The molecule has 1 aromatic carbocycles. The summed E-state index contributed by atoms with van der Waals surface area (Å²) in [5, 5.41) is 11.9. The first kappa shape index (κ1) is 16.3. The van der Waals surface area contributed by atoms with Crippen LogP contribution in [0, 0.1) is 11.3 Å². The average molecular weight is 286 g/mol. The first-order valence-corrected chi connectivity index (χ1v) is 6.32. The quantitative estimate of drug-likeness (QED) is 0.816. The number of halogens is 3. The van der Waals surface area contributed by atoms with Gasteiger partial charge >= 0.3 is 6.18 Å². The van der Waals surface area contributed by atoms with E-state index in [0.717, 1.165) is 18.7 Å². The van der Waals surface area contributed by atoms with Crippen LogP contribution in [0.2, 0.25) is 0 Å². The first-order valence-electron chi connectivity index (χ1n) is 6.32. The lowest BCUT2D eigenvalue weighted by Gasteiger charge is -2.12. The second kappa shape index (κ2) is 7.15. The molecule has 0 fully saturated rings. The van der Waals surface area contributed by atoms with Crippen LogP contribution in [0.5, 0.6) is 5.75 Å². The summed E-state index contributed by atoms with van der Waals surface area (Å²) in [5.74, 6) is 0.126. The number of nitrogens with zero attached hydrogens (tertiary/aromatic N) is 1. The maximum atomic E-state index is 12.7. The van der Waals surface area contributed by atoms with Gasteiger partial charge in [0.15, 0.2) is 0 Å². The zero-order valence-electron chi connectivity index (χ0n) is 11.4. The molecule has 0 amide bonds. The van der Waals surface area contributed by atoms with Crippen molar-refractivity contribution in [2.45, 2.75) is 32.5 Å². The fourth-order valence-corrected chi connectivity index (χ4v) is 1.60. The second-order valence-corrected chi connectivity index (χ2v) is 4.63. The van der Waals surface area contributed by atoms with Crippen molar-refractivity contribution in [2.24, 2.45) is 0 Å². The third kappa shape index (κ3) is 5.10. The molecule has 0 spiro atoms. The number of nitriles is 1. The van der Waals surface area contributed by atoms with Crippen LogP contribution in [0.25, 0.3) is 0 Å². The van der Waals surface area contributed by atoms with Crippen LogP contribution >= 0.6 is 0 Å². The highest BCUT2D eigenvalue weighted by Gasteiger charge is 2.34. The van der Waals surface area contributed by atoms with Gasteiger partial charge in [-0.1, -0.05) is 13.8 Å². The summed E-state index contributed by atoms with van der Waals surface area (Å²) in [6.07, 6.45) is -3.86. The molecule has 0 heterocycles. The standard InChI is InChI=1S/C14H17F3N2O/c1-10(2)19-6-3-7-20-12-5-4-11(9-18)13(8-12)14(15,16)17/h4-5,8,10,19H,3,6-7H2,1-2H3. The number of rotatable bonds is 6. The minimum atomic E-state index is -4.55. The van der Waals surface area contributed by atoms with Gasteiger partial charge < -0.3 is 10.1 Å². The van der Waals surface area contributed by atoms with Gasteiger partial charge in [-0.2, -0.15) is 18.4 Å². The zero-order valence-corrected chi connectivity index (χ0v) is 11.4. The number of alkyl halides is 3. The van der Waals surface area contributed by atoms with Crippen LogP contribution in [0.3, 0.4) is 0 Å². The summed E-state index contributed by atoms with van der Waals surface area (Å²) in [6.45, 7) is 5.08. The largest absolute Gasteiger partial charge is 0.494 e. The highest BCUT2D eigenvalue weighted by molar-refractivity contribution is 5.44. The molecule has 0 unspecified atom stereocenters. The Morgan fingerprint density at radius 1 is 1.35 bits per heavy atom. The number of hydrogen-bond acceptors (Lipinski definition) is 3. The van der Waals surface area contributed by atoms with Crippen molar-refractivity contribution in [3.05, 3.63) is 29.3 Å². The van der Waals surface area contributed by atoms with E-state index in [1.807, 2.05) is 13.8 Å². The van der Waals surface area contributed by atoms with E-state index in [-0.39, 0.29) is 5.75 Å². The van der Waals surface area contributed by atoms with Crippen molar-refractivity contribution >= 4 is 0 Å². The van der Waals surface area contributed by atoms with E-state index in [9.17, 15) is 13.2 Å². The monoisotopic (exact) mass is 286 g/mol. The second-order valence-electron chi connectivity index (χ2n) is 4.63. The lowest BCUT2D eigenvalue weighted by Crippen LogP contribution is -2.24. The van der Waals surface area contributed by atoms with Crippen LogP contribution in [-0.2, 0) is 6.18 Å². The number of ether oxygens (including phenoxy) is 1. The summed E-state index contributed by atoms with van der Waals surface area (Å²) < 4.78 is 43.5. The Morgan fingerprint density at radius 3 is 2.60 bits per heavy atom. The van der Waals surface area contributed by atoms with E-state index in [1.165, 1.54) is 12.1 Å². The molecule has 0 saturated heterocycles. The normalized spacial score (nSPS) is 11.4. The SMILES string of the molecule is CC(C)NCCCOc1ccc(C#N)c(C(F)(F)F)c1. The van der Waals surface area contributed by atoms with Crippen molar-refractivity contribution in [1.29, 1.82) is 5.26 Å². The average Bonchev–Trinajstić information content (AvgIpc) is 2.36. The molecule has 0 radical (unpaired) electrons. The molecular formula is C14H17F3N2O. The van der Waals surface area contributed by atoms with Crippen molar-refractivity contribution in [2.75, 3.05) is 13.2 Å². The van der Waals surface area contributed by atoms with Crippen LogP contribution < -0.4 is 10.1 Å². The Kier molecular flexibility index (Phi) is 5.83. The van der Waals surface area contributed by atoms with Crippen LogP contribution in [0.15, 0.2) is 18.2 Å². The predicted octanol–water partition coefficient (Wildman–Crippen LogP) is 3.34. The van der Waals surface area contributed by atoms with Crippen molar-refractivity contribution in [3.63, 3.8) is 0 Å². The van der Waals surface area contributed by atoms with Gasteiger partial charge in [-0.15, -0.1) is 0 Å². The van der Waals surface area contributed by atoms with Crippen LogP contribution in [-0.4, -0.2) is 19.2 Å². The molecule has 0 aliphatic carbocycles. The Morgan fingerprint density at radius 2 is 2.05 bits per heavy atom. The van der Waals surface area contributed by atoms with Gasteiger partial charge in [0.2, 0.25) is 0 Å². The third-order valence-corrected chi connectivity index (χ3v) is 2.56. The summed E-state index contributed by atoms with van der Waals surface area (Å²) in [5.41, 5.74) is -1.36. The van der Waals surface area contributed by atoms with Gasteiger partial charge in [-0.05, 0) is 31.2 Å². The maximum absolute atomic E-state index is 12.7. The summed E-state index contributed by atoms with van der Waals surface area (Å²) in [7, 11) is 0. The van der Waals surface area contributed by atoms with Gasteiger partial charge in [0.05, 0.1) is 23.8 Å². The van der Waals surface area contributed by atoms with Gasteiger partial charge in [-0.3, -0.25) is 0 Å². The lowest BCUT2D eigenvalue weighted by atomic mass is 10.1. The highest BCUT2D eigenvalue weighted by Crippen LogP contribution is 2.34. The molecule has 0 aliphatic rings. The highest BCUT2D eigenvalue weighted by atomic mass is 19.4. The molecule has 1 rings (SSSR count). The fraction of sp³-hybridized carbons (Fsp3) is 0.500. The molecule has 3 nitrogen and oxygen atoms in total. The van der Waals surface area contributed by atoms with Crippen LogP contribution in [0.1, 0.15) is 31.4 Å². The molecule has 20 heavy (non-hydrogen) atoms. The van der Waals surface area contributed by atoms with Gasteiger partial charge in [0.25, 0.3) is 0 Å². The Labute approximate surface area is 116 Å².